The number of hydrogen-bond donors (Lipinski definition) is 2. The molecule has 88 valence electrons. The van der Waals surface area contributed by atoms with Gasteiger partial charge in [0, 0.05) is 0 Å². The van der Waals surface area contributed by atoms with Crippen LogP contribution in [-0.4, -0.2) is 29.5 Å². The predicted molar refractivity (Wildman–Crippen MR) is 62.3 cm³/mol. The zero-order valence-corrected chi connectivity index (χ0v) is 9.68. The van der Waals surface area contributed by atoms with Gasteiger partial charge in [0.1, 0.15) is 11.8 Å². The molecule has 3 N–H and O–H groups in total. The maximum absolute atomic E-state index is 6.19. The van der Waals surface area contributed by atoms with Gasteiger partial charge in [0.25, 0.3) is 0 Å². The lowest BCUT2D eigenvalue weighted by atomic mass is 10.00. The first-order valence-electron chi connectivity index (χ1n) is 5.45. The number of nitrogens with two attached hydrogens (primary N) is 1. The lowest BCUT2D eigenvalue weighted by molar-refractivity contribution is 0.440. The van der Waals surface area contributed by atoms with Crippen LogP contribution in [0.1, 0.15) is 26.1 Å². The summed E-state index contributed by atoms with van der Waals surface area (Å²) in [4.78, 5) is 11.3. The van der Waals surface area contributed by atoms with E-state index >= 15 is 0 Å². The van der Waals surface area contributed by atoms with Gasteiger partial charge >= 0.3 is 0 Å². The van der Waals surface area contributed by atoms with E-state index in [9.17, 15) is 0 Å². The van der Waals surface area contributed by atoms with Gasteiger partial charge in [-0.05, 0) is 13.3 Å². The lowest BCUT2D eigenvalue weighted by Gasteiger charge is -2.19. The summed E-state index contributed by atoms with van der Waals surface area (Å²) >= 11 is 0. The van der Waals surface area contributed by atoms with Gasteiger partial charge < -0.3 is 10.7 Å². The summed E-state index contributed by atoms with van der Waals surface area (Å²) in [5.74, 6) is 0.707. The minimum atomic E-state index is -0.519. The summed E-state index contributed by atoms with van der Waals surface area (Å²) in [6.07, 6.45) is 4.02. The van der Waals surface area contributed by atoms with Crippen LogP contribution in [0.25, 0.3) is 16.8 Å². The minimum Gasteiger partial charge on any atom is -0.340 e. The third kappa shape index (κ3) is 1.32. The van der Waals surface area contributed by atoms with Crippen molar-refractivity contribution in [3.8, 4) is 0 Å². The van der Waals surface area contributed by atoms with Gasteiger partial charge in [0.2, 0.25) is 0 Å². The number of aromatic nitrogens is 6. The van der Waals surface area contributed by atoms with Crippen LogP contribution in [0, 0.1) is 0 Å². The first-order chi connectivity index (χ1) is 8.13. The van der Waals surface area contributed by atoms with Gasteiger partial charge in [-0.25, -0.2) is 9.97 Å². The van der Waals surface area contributed by atoms with Crippen molar-refractivity contribution < 1.29 is 0 Å². The molecule has 3 rings (SSSR count). The van der Waals surface area contributed by atoms with Crippen molar-refractivity contribution in [1.82, 2.24) is 29.5 Å². The van der Waals surface area contributed by atoms with Crippen LogP contribution in [0.5, 0.6) is 0 Å². The third-order valence-corrected chi connectivity index (χ3v) is 3.08. The van der Waals surface area contributed by atoms with Crippen molar-refractivity contribution in [3.63, 3.8) is 0 Å². The monoisotopic (exact) mass is 231 g/mol. The van der Waals surface area contributed by atoms with Crippen LogP contribution in [0.3, 0.4) is 0 Å². The Morgan fingerprint density at radius 1 is 1.41 bits per heavy atom. The SMILES string of the molecule is CCC(C)(N)c1nnc2c3[nH]cnc3ncn12. The topological polar surface area (TPSA) is 97.8 Å². The highest BCUT2D eigenvalue weighted by molar-refractivity contribution is 5.84. The maximum Gasteiger partial charge on any atom is 0.189 e. The van der Waals surface area contributed by atoms with Crippen LogP contribution in [0.2, 0.25) is 0 Å². The van der Waals surface area contributed by atoms with Gasteiger partial charge in [-0.2, -0.15) is 0 Å². The van der Waals surface area contributed by atoms with Crippen molar-refractivity contribution in [2.24, 2.45) is 5.73 Å². The van der Waals surface area contributed by atoms with E-state index in [1.165, 1.54) is 0 Å². The van der Waals surface area contributed by atoms with Crippen LogP contribution >= 0.6 is 0 Å². The Morgan fingerprint density at radius 2 is 2.24 bits per heavy atom. The highest BCUT2D eigenvalue weighted by atomic mass is 15.3. The van der Waals surface area contributed by atoms with E-state index in [2.05, 4.69) is 25.1 Å². The molecule has 0 aliphatic rings. The minimum absolute atomic E-state index is 0.519. The Hall–Kier alpha value is -2.02. The molecule has 0 aliphatic carbocycles. The summed E-state index contributed by atoms with van der Waals surface area (Å²) in [6, 6.07) is 0. The fraction of sp³-hybridized carbons (Fsp3) is 0.400. The second-order valence-electron chi connectivity index (χ2n) is 4.33. The molecule has 0 bridgehead atoms. The van der Waals surface area contributed by atoms with E-state index < -0.39 is 5.54 Å². The molecule has 0 radical (unpaired) electrons. The molecule has 0 aromatic carbocycles. The molecule has 0 amide bonds. The molecule has 0 saturated carbocycles. The summed E-state index contributed by atoms with van der Waals surface area (Å²) in [7, 11) is 0. The molecule has 0 fully saturated rings. The van der Waals surface area contributed by atoms with Crippen LogP contribution in [0.4, 0.5) is 0 Å². The van der Waals surface area contributed by atoms with Crippen LogP contribution in [0.15, 0.2) is 12.7 Å². The number of rotatable bonds is 2. The Bertz CT molecular complexity index is 678. The van der Waals surface area contributed by atoms with Crippen LogP contribution in [-0.2, 0) is 5.54 Å². The Kier molecular flexibility index (Phi) is 1.93. The zero-order chi connectivity index (χ0) is 12.0. The summed E-state index contributed by atoms with van der Waals surface area (Å²) in [5, 5.41) is 8.32. The second-order valence-corrected chi connectivity index (χ2v) is 4.33. The predicted octanol–water partition coefficient (Wildman–Crippen LogP) is 0.585. The molecular weight excluding hydrogens is 218 g/mol. The molecule has 0 saturated heterocycles. The molecule has 3 aromatic heterocycles. The molecule has 1 atom stereocenters. The van der Waals surface area contributed by atoms with Gasteiger partial charge in [-0.3, -0.25) is 4.40 Å². The number of imidazole rings is 1. The van der Waals surface area contributed by atoms with Gasteiger partial charge in [-0.15, -0.1) is 10.2 Å². The van der Waals surface area contributed by atoms with Gasteiger partial charge in [0.15, 0.2) is 17.1 Å². The average molecular weight is 231 g/mol. The average Bonchev–Trinajstić information content (AvgIpc) is 2.94. The summed E-state index contributed by atoms with van der Waals surface area (Å²) < 4.78 is 1.81. The van der Waals surface area contributed by atoms with E-state index in [0.29, 0.717) is 17.1 Å². The lowest BCUT2D eigenvalue weighted by Crippen LogP contribution is -2.34. The van der Waals surface area contributed by atoms with Crippen molar-refractivity contribution in [1.29, 1.82) is 0 Å². The highest BCUT2D eigenvalue weighted by Crippen LogP contribution is 2.21. The Balaban J connectivity index is 2.36. The molecule has 7 nitrogen and oxygen atoms in total. The first kappa shape index (κ1) is 10.2. The Labute approximate surface area is 97.1 Å². The normalized spacial score (nSPS) is 15.5. The number of fused-ring (bicyclic) bond motifs is 3. The van der Waals surface area contributed by atoms with Crippen LogP contribution < -0.4 is 5.73 Å². The molecular formula is C10H13N7. The fourth-order valence-electron chi connectivity index (χ4n) is 1.78. The number of nitrogens with zero attached hydrogens (tertiary/aromatic N) is 5. The number of hydrogen-bond acceptors (Lipinski definition) is 5. The number of nitrogens with one attached hydrogen (secondary N) is 1. The standard InChI is InChI=1S/C10H13N7/c1-3-10(2,11)9-16-15-8-6-7(13-4-12-6)14-5-17(8)9/h4-5H,3,11H2,1-2H3,(H,12,13). The van der Waals surface area contributed by atoms with Crippen molar-refractivity contribution in [2.75, 3.05) is 0 Å². The van der Waals surface area contributed by atoms with E-state index in [-0.39, 0.29) is 0 Å². The third-order valence-electron chi connectivity index (χ3n) is 3.08. The highest BCUT2D eigenvalue weighted by Gasteiger charge is 2.26. The molecule has 7 heteroatoms. The van der Waals surface area contributed by atoms with Crippen molar-refractivity contribution in [3.05, 3.63) is 18.5 Å². The maximum atomic E-state index is 6.19. The summed E-state index contributed by atoms with van der Waals surface area (Å²) in [6.45, 7) is 3.95. The smallest absolute Gasteiger partial charge is 0.189 e. The molecule has 3 heterocycles. The molecule has 17 heavy (non-hydrogen) atoms. The number of aromatic amines is 1. The Morgan fingerprint density at radius 3 is 3.00 bits per heavy atom. The fourth-order valence-corrected chi connectivity index (χ4v) is 1.78. The largest absolute Gasteiger partial charge is 0.340 e. The van der Waals surface area contributed by atoms with E-state index in [4.69, 9.17) is 5.73 Å². The van der Waals surface area contributed by atoms with E-state index in [0.717, 1.165) is 11.9 Å². The van der Waals surface area contributed by atoms with Gasteiger partial charge in [-0.1, -0.05) is 6.92 Å². The zero-order valence-electron chi connectivity index (χ0n) is 9.68. The van der Waals surface area contributed by atoms with E-state index in [1.807, 2.05) is 18.2 Å². The summed E-state index contributed by atoms with van der Waals surface area (Å²) in [5.41, 5.74) is 7.78. The first-order valence-corrected chi connectivity index (χ1v) is 5.45. The van der Waals surface area contributed by atoms with E-state index in [1.54, 1.807) is 12.7 Å². The quantitative estimate of drug-likeness (QED) is 0.672. The molecule has 0 spiro atoms. The van der Waals surface area contributed by atoms with Gasteiger partial charge in [0.05, 0.1) is 11.9 Å². The molecule has 3 aromatic rings. The van der Waals surface area contributed by atoms with Crippen molar-refractivity contribution >= 4 is 16.8 Å². The number of H-pyrrole nitrogens is 1. The molecule has 1 unspecified atom stereocenters. The second kappa shape index (κ2) is 3.24. The van der Waals surface area contributed by atoms with Crippen molar-refractivity contribution in [2.45, 2.75) is 25.8 Å². The molecule has 0 aliphatic heterocycles.